The third-order valence-electron chi connectivity index (χ3n) is 3.24. The van der Waals surface area contributed by atoms with Crippen LogP contribution in [0.5, 0.6) is 0 Å². The molecule has 0 N–H and O–H groups in total. The lowest BCUT2D eigenvalue weighted by molar-refractivity contribution is 0.0981. The summed E-state index contributed by atoms with van der Waals surface area (Å²) in [6.45, 7) is 0. The van der Waals surface area contributed by atoms with E-state index in [0.717, 1.165) is 5.39 Å². The molecule has 0 aliphatic heterocycles. The Labute approximate surface area is 115 Å². The molecule has 20 heavy (non-hydrogen) atoms. The number of para-hydroxylation sites is 1. The Balaban J connectivity index is 1.74. The van der Waals surface area contributed by atoms with E-state index in [1.54, 1.807) is 30.3 Å². The molecule has 1 heterocycles. The zero-order chi connectivity index (χ0) is 13.9. The van der Waals surface area contributed by atoms with E-state index < -0.39 is 0 Å². The number of hydrogen-bond acceptors (Lipinski definition) is 2. The van der Waals surface area contributed by atoms with E-state index in [4.69, 9.17) is 4.42 Å². The summed E-state index contributed by atoms with van der Waals surface area (Å²) in [5, 5.41) is 0.729. The van der Waals surface area contributed by atoms with Crippen molar-refractivity contribution in [3.05, 3.63) is 71.7 Å². The smallest absolute Gasteiger partial charge is 0.169 e. The molecule has 0 amide bonds. The zero-order valence-electron chi connectivity index (χ0n) is 10.8. The van der Waals surface area contributed by atoms with E-state index in [-0.39, 0.29) is 17.2 Å². The van der Waals surface area contributed by atoms with Gasteiger partial charge in [-0.15, -0.1) is 0 Å². The number of carbonyl (C=O) groups is 1. The Morgan fingerprint density at radius 3 is 2.60 bits per heavy atom. The SMILES string of the molecule is O=C(CCc1cc2cccc(F)c2o1)c1ccccc1. The average Bonchev–Trinajstić information content (AvgIpc) is 2.90. The van der Waals surface area contributed by atoms with Gasteiger partial charge in [0.25, 0.3) is 0 Å². The minimum Gasteiger partial charge on any atom is -0.458 e. The predicted molar refractivity (Wildman–Crippen MR) is 75.3 cm³/mol. The highest BCUT2D eigenvalue weighted by Crippen LogP contribution is 2.23. The Morgan fingerprint density at radius 2 is 1.85 bits per heavy atom. The first-order valence-electron chi connectivity index (χ1n) is 6.49. The number of carbonyl (C=O) groups excluding carboxylic acids is 1. The molecule has 0 unspecified atom stereocenters. The molecule has 0 bridgehead atoms. The molecule has 3 heteroatoms. The Hall–Kier alpha value is -2.42. The number of benzene rings is 2. The van der Waals surface area contributed by atoms with Gasteiger partial charge in [0, 0.05) is 23.8 Å². The molecule has 0 radical (unpaired) electrons. The predicted octanol–water partition coefficient (Wildman–Crippen LogP) is 4.39. The van der Waals surface area contributed by atoms with Crippen molar-refractivity contribution < 1.29 is 13.6 Å². The Kier molecular flexibility index (Phi) is 3.33. The van der Waals surface area contributed by atoms with Gasteiger partial charge < -0.3 is 4.42 Å². The first-order valence-corrected chi connectivity index (χ1v) is 6.49. The maximum atomic E-state index is 13.5. The first-order chi connectivity index (χ1) is 9.74. The van der Waals surface area contributed by atoms with Crippen LogP contribution in [-0.2, 0) is 6.42 Å². The number of rotatable bonds is 4. The van der Waals surface area contributed by atoms with Crippen LogP contribution in [0.3, 0.4) is 0 Å². The molecular formula is C17H13FO2. The number of hydrogen-bond donors (Lipinski definition) is 0. The topological polar surface area (TPSA) is 30.2 Å². The number of aryl methyl sites for hydroxylation is 1. The molecule has 2 nitrogen and oxygen atoms in total. The summed E-state index contributed by atoms with van der Waals surface area (Å²) in [5.74, 6) is 0.323. The molecule has 100 valence electrons. The molecule has 0 spiro atoms. The van der Waals surface area contributed by atoms with Gasteiger partial charge in [0.2, 0.25) is 0 Å². The van der Waals surface area contributed by atoms with Crippen LogP contribution in [0.4, 0.5) is 4.39 Å². The lowest BCUT2D eigenvalue weighted by Crippen LogP contribution is -2.00. The molecule has 0 aliphatic rings. The number of ketones is 1. The summed E-state index contributed by atoms with van der Waals surface area (Å²) >= 11 is 0. The van der Waals surface area contributed by atoms with Crippen molar-refractivity contribution in [2.24, 2.45) is 0 Å². The van der Waals surface area contributed by atoms with Crippen molar-refractivity contribution in [3.63, 3.8) is 0 Å². The quantitative estimate of drug-likeness (QED) is 0.657. The van der Waals surface area contributed by atoms with Crippen molar-refractivity contribution in [3.8, 4) is 0 Å². The van der Waals surface area contributed by atoms with Crippen LogP contribution < -0.4 is 0 Å². The maximum absolute atomic E-state index is 13.5. The van der Waals surface area contributed by atoms with Gasteiger partial charge in [0.1, 0.15) is 5.76 Å². The number of furan rings is 1. The summed E-state index contributed by atoms with van der Waals surface area (Å²) in [7, 11) is 0. The molecule has 0 saturated carbocycles. The highest BCUT2D eigenvalue weighted by Gasteiger charge is 2.10. The number of Topliss-reactive ketones (excluding diaryl/α,β-unsaturated/α-hetero) is 1. The van der Waals surface area contributed by atoms with Crippen molar-refractivity contribution in [1.29, 1.82) is 0 Å². The molecule has 0 atom stereocenters. The van der Waals surface area contributed by atoms with Crippen LogP contribution >= 0.6 is 0 Å². The minimum absolute atomic E-state index is 0.0616. The van der Waals surface area contributed by atoms with Crippen LogP contribution in [-0.4, -0.2) is 5.78 Å². The average molecular weight is 268 g/mol. The van der Waals surface area contributed by atoms with Gasteiger partial charge in [0.05, 0.1) is 0 Å². The molecule has 0 aliphatic carbocycles. The molecule has 0 fully saturated rings. The fourth-order valence-corrected chi connectivity index (χ4v) is 2.21. The first kappa shape index (κ1) is 12.6. The fourth-order valence-electron chi connectivity index (χ4n) is 2.21. The fraction of sp³-hybridized carbons (Fsp3) is 0.118. The maximum Gasteiger partial charge on any atom is 0.169 e. The van der Waals surface area contributed by atoms with Gasteiger partial charge in [-0.3, -0.25) is 4.79 Å². The van der Waals surface area contributed by atoms with Crippen molar-refractivity contribution >= 4 is 16.8 Å². The zero-order valence-corrected chi connectivity index (χ0v) is 10.8. The van der Waals surface area contributed by atoms with Crippen molar-refractivity contribution in [2.45, 2.75) is 12.8 Å². The second-order valence-electron chi connectivity index (χ2n) is 4.66. The van der Waals surface area contributed by atoms with E-state index in [9.17, 15) is 9.18 Å². The van der Waals surface area contributed by atoms with E-state index in [2.05, 4.69) is 0 Å². The van der Waals surface area contributed by atoms with Crippen LogP contribution in [0, 0.1) is 5.82 Å². The van der Waals surface area contributed by atoms with Crippen LogP contribution in [0.2, 0.25) is 0 Å². The van der Waals surface area contributed by atoms with Gasteiger partial charge in [-0.2, -0.15) is 0 Å². The van der Waals surface area contributed by atoms with E-state index in [0.29, 0.717) is 24.2 Å². The van der Waals surface area contributed by atoms with E-state index in [1.165, 1.54) is 6.07 Å². The van der Waals surface area contributed by atoms with Crippen LogP contribution in [0.15, 0.2) is 59.0 Å². The number of fused-ring (bicyclic) bond motifs is 1. The largest absolute Gasteiger partial charge is 0.458 e. The molecule has 1 aromatic heterocycles. The summed E-state index contributed by atoms with van der Waals surface area (Å²) < 4.78 is 19.0. The second kappa shape index (κ2) is 5.29. The summed E-state index contributed by atoms with van der Waals surface area (Å²) in [6.07, 6.45) is 0.827. The molecule has 0 saturated heterocycles. The van der Waals surface area contributed by atoms with Gasteiger partial charge in [-0.05, 0) is 12.1 Å². The second-order valence-corrected chi connectivity index (χ2v) is 4.66. The summed E-state index contributed by atoms with van der Waals surface area (Å²) in [5.41, 5.74) is 0.949. The van der Waals surface area contributed by atoms with E-state index in [1.807, 2.05) is 18.2 Å². The Bertz CT molecular complexity index is 744. The van der Waals surface area contributed by atoms with Crippen LogP contribution in [0.25, 0.3) is 11.0 Å². The highest BCUT2D eigenvalue weighted by molar-refractivity contribution is 5.96. The number of halogens is 1. The van der Waals surface area contributed by atoms with Gasteiger partial charge in [0.15, 0.2) is 17.2 Å². The van der Waals surface area contributed by atoms with Gasteiger partial charge in [-0.25, -0.2) is 4.39 Å². The highest BCUT2D eigenvalue weighted by atomic mass is 19.1. The van der Waals surface area contributed by atoms with Gasteiger partial charge >= 0.3 is 0 Å². The van der Waals surface area contributed by atoms with Crippen molar-refractivity contribution in [1.82, 2.24) is 0 Å². The normalized spacial score (nSPS) is 10.8. The van der Waals surface area contributed by atoms with Gasteiger partial charge in [-0.1, -0.05) is 42.5 Å². The van der Waals surface area contributed by atoms with E-state index >= 15 is 0 Å². The third-order valence-corrected chi connectivity index (χ3v) is 3.24. The molecule has 3 rings (SSSR count). The summed E-state index contributed by atoms with van der Waals surface area (Å²) in [4.78, 5) is 12.0. The molecule has 2 aromatic carbocycles. The minimum atomic E-state index is -0.372. The summed E-state index contributed by atoms with van der Waals surface area (Å²) in [6, 6.07) is 15.7. The van der Waals surface area contributed by atoms with Crippen molar-refractivity contribution in [2.75, 3.05) is 0 Å². The monoisotopic (exact) mass is 268 g/mol. The standard InChI is InChI=1S/C17H13FO2/c18-15-8-4-7-13-11-14(20-17(13)15)9-10-16(19)12-5-2-1-3-6-12/h1-8,11H,9-10H2. The molecule has 3 aromatic rings. The third kappa shape index (κ3) is 2.48. The Morgan fingerprint density at radius 1 is 1.05 bits per heavy atom. The lowest BCUT2D eigenvalue weighted by atomic mass is 10.1. The van der Waals surface area contributed by atoms with Crippen LogP contribution in [0.1, 0.15) is 22.5 Å². The lowest BCUT2D eigenvalue weighted by Gasteiger charge is -1.98. The molecular weight excluding hydrogens is 255 g/mol.